The standard InChI is InChI=1S/C23H23N5O3/c1-31-18-10-9-16-13-20(25-19(16)14-18)22(29)24-11-12-27-23(30)28(17-5-3-2-4-6-17)21(26-27)15-7-8-15/h2-6,9-10,13-15,25H,7-8,11-12H2,1H3,(H,24,29). The van der Waals surface area contributed by atoms with Gasteiger partial charge in [-0.1, -0.05) is 18.2 Å². The molecular formula is C23H23N5O3. The molecule has 2 N–H and O–H groups in total. The van der Waals surface area contributed by atoms with Crippen molar-refractivity contribution in [1.29, 1.82) is 0 Å². The third-order valence-corrected chi connectivity index (χ3v) is 5.50. The average Bonchev–Trinajstić information content (AvgIpc) is 3.47. The van der Waals surface area contributed by atoms with E-state index in [1.807, 2.05) is 48.5 Å². The highest BCUT2D eigenvalue weighted by Gasteiger charge is 2.31. The molecule has 8 nitrogen and oxygen atoms in total. The Morgan fingerprint density at radius 2 is 2.00 bits per heavy atom. The minimum Gasteiger partial charge on any atom is -0.497 e. The van der Waals surface area contributed by atoms with Crippen LogP contribution in [0.4, 0.5) is 0 Å². The topological polar surface area (TPSA) is 93.9 Å². The van der Waals surface area contributed by atoms with E-state index in [4.69, 9.17) is 4.74 Å². The molecule has 4 aromatic rings. The van der Waals surface area contributed by atoms with E-state index in [0.29, 0.717) is 24.7 Å². The molecule has 5 rings (SSSR count). The van der Waals surface area contributed by atoms with Gasteiger partial charge >= 0.3 is 5.69 Å². The predicted octanol–water partition coefficient (Wildman–Crippen LogP) is 2.83. The number of methoxy groups -OCH3 is 1. The molecule has 1 aliphatic carbocycles. The predicted molar refractivity (Wildman–Crippen MR) is 117 cm³/mol. The number of carbonyl (C=O) groups excluding carboxylic acids is 1. The van der Waals surface area contributed by atoms with Gasteiger partial charge < -0.3 is 15.0 Å². The van der Waals surface area contributed by atoms with Crippen LogP contribution in [0, 0.1) is 0 Å². The van der Waals surface area contributed by atoms with Gasteiger partial charge in [-0.2, -0.15) is 5.10 Å². The molecule has 2 aromatic carbocycles. The van der Waals surface area contributed by atoms with Gasteiger partial charge in [-0.3, -0.25) is 4.79 Å². The number of aromatic nitrogens is 4. The van der Waals surface area contributed by atoms with Crippen molar-refractivity contribution in [3.63, 3.8) is 0 Å². The van der Waals surface area contributed by atoms with Crippen LogP contribution < -0.4 is 15.7 Å². The molecule has 0 aliphatic heterocycles. The lowest BCUT2D eigenvalue weighted by Gasteiger charge is -2.04. The highest BCUT2D eigenvalue weighted by atomic mass is 16.5. The molecule has 0 unspecified atom stereocenters. The van der Waals surface area contributed by atoms with Crippen LogP contribution in [0.2, 0.25) is 0 Å². The van der Waals surface area contributed by atoms with Crippen molar-refractivity contribution < 1.29 is 9.53 Å². The Morgan fingerprint density at radius 1 is 1.19 bits per heavy atom. The maximum absolute atomic E-state index is 13.0. The largest absolute Gasteiger partial charge is 0.497 e. The molecule has 2 heterocycles. The van der Waals surface area contributed by atoms with Gasteiger partial charge in [-0.25, -0.2) is 14.0 Å². The molecule has 0 atom stereocenters. The summed E-state index contributed by atoms with van der Waals surface area (Å²) in [7, 11) is 1.60. The van der Waals surface area contributed by atoms with Gasteiger partial charge in [0.05, 0.1) is 19.3 Å². The zero-order valence-electron chi connectivity index (χ0n) is 17.2. The number of benzene rings is 2. The normalized spacial score (nSPS) is 13.5. The molecule has 2 aromatic heterocycles. The molecule has 0 bridgehead atoms. The Balaban J connectivity index is 1.30. The average molecular weight is 417 g/mol. The number of amides is 1. The molecule has 31 heavy (non-hydrogen) atoms. The Morgan fingerprint density at radius 3 is 2.74 bits per heavy atom. The third-order valence-electron chi connectivity index (χ3n) is 5.50. The van der Waals surface area contributed by atoms with Gasteiger partial charge in [0, 0.05) is 29.4 Å². The number of aromatic amines is 1. The summed E-state index contributed by atoms with van der Waals surface area (Å²) < 4.78 is 8.35. The molecular weight excluding hydrogens is 394 g/mol. The van der Waals surface area contributed by atoms with Crippen molar-refractivity contribution >= 4 is 16.8 Å². The molecule has 0 saturated heterocycles. The second kappa shape index (κ2) is 7.79. The van der Waals surface area contributed by atoms with Crippen LogP contribution in [-0.4, -0.2) is 38.9 Å². The second-order valence-electron chi connectivity index (χ2n) is 7.70. The third kappa shape index (κ3) is 3.72. The van der Waals surface area contributed by atoms with E-state index in [0.717, 1.165) is 41.0 Å². The van der Waals surface area contributed by atoms with Gasteiger partial charge in [-0.15, -0.1) is 0 Å². The summed E-state index contributed by atoms with van der Waals surface area (Å²) in [5, 5.41) is 8.36. The van der Waals surface area contributed by atoms with E-state index in [1.165, 1.54) is 4.68 Å². The minimum atomic E-state index is -0.229. The van der Waals surface area contributed by atoms with Gasteiger partial charge in [0.1, 0.15) is 17.3 Å². The molecule has 0 radical (unpaired) electrons. The van der Waals surface area contributed by atoms with Crippen LogP contribution >= 0.6 is 0 Å². The number of nitrogens with zero attached hydrogens (tertiary/aromatic N) is 3. The van der Waals surface area contributed by atoms with Crippen LogP contribution in [0.15, 0.2) is 59.4 Å². The lowest BCUT2D eigenvalue weighted by atomic mass is 10.2. The summed E-state index contributed by atoms with van der Waals surface area (Å²) >= 11 is 0. The molecule has 1 fully saturated rings. The lowest BCUT2D eigenvalue weighted by molar-refractivity contribution is 0.0947. The number of H-pyrrole nitrogens is 1. The van der Waals surface area contributed by atoms with Crippen molar-refractivity contribution in [3.05, 3.63) is 76.6 Å². The highest BCUT2D eigenvalue weighted by Crippen LogP contribution is 2.39. The number of para-hydroxylation sites is 1. The van der Waals surface area contributed by atoms with Crippen LogP contribution in [0.1, 0.15) is 35.1 Å². The smallest absolute Gasteiger partial charge is 0.350 e. The fourth-order valence-corrected chi connectivity index (χ4v) is 3.72. The minimum absolute atomic E-state index is 0.181. The first-order valence-electron chi connectivity index (χ1n) is 10.3. The Labute approximate surface area is 178 Å². The van der Waals surface area contributed by atoms with E-state index >= 15 is 0 Å². The number of hydrogen-bond donors (Lipinski definition) is 2. The first-order chi connectivity index (χ1) is 15.1. The summed E-state index contributed by atoms with van der Waals surface area (Å²) in [6.45, 7) is 0.603. The van der Waals surface area contributed by atoms with Crippen LogP contribution in [0.25, 0.3) is 16.6 Å². The van der Waals surface area contributed by atoms with Crippen LogP contribution in [0.3, 0.4) is 0 Å². The molecule has 0 spiro atoms. The zero-order valence-corrected chi connectivity index (χ0v) is 17.2. The van der Waals surface area contributed by atoms with Gasteiger partial charge in [0.25, 0.3) is 5.91 Å². The Hall–Kier alpha value is -3.81. The SMILES string of the molecule is COc1ccc2cc(C(=O)NCCn3nc(C4CC4)n(-c4ccccc4)c3=O)[nH]c2c1. The summed E-state index contributed by atoms with van der Waals surface area (Å²) in [4.78, 5) is 28.7. The molecule has 8 heteroatoms. The van der Waals surface area contributed by atoms with E-state index in [1.54, 1.807) is 17.7 Å². The number of carbonyl (C=O) groups is 1. The molecule has 158 valence electrons. The zero-order chi connectivity index (χ0) is 21.4. The van der Waals surface area contributed by atoms with Gasteiger partial charge in [-0.05, 0) is 43.2 Å². The Kier molecular flexibility index (Phi) is 4.82. The maximum atomic E-state index is 13.0. The number of hydrogen-bond acceptors (Lipinski definition) is 4. The van der Waals surface area contributed by atoms with Crippen molar-refractivity contribution in [3.8, 4) is 11.4 Å². The maximum Gasteiger partial charge on any atom is 0.350 e. The second-order valence-corrected chi connectivity index (χ2v) is 7.70. The first-order valence-corrected chi connectivity index (χ1v) is 10.3. The fraction of sp³-hybridized carbons (Fsp3) is 0.261. The van der Waals surface area contributed by atoms with Crippen molar-refractivity contribution in [2.45, 2.75) is 25.3 Å². The number of ether oxygens (including phenoxy) is 1. The summed E-state index contributed by atoms with van der Waals surface area (Å²) in [6, 6.07) is 17.0. The summed E-state index contributed by atoms with van der Waals surface area (Å²) in [5.74, 6) is 1.62. The Bertz CT molecular complexity index is 1300. The highest BCUT2D eigenvalue weighted by molar-refractivity contribution is 5.98. The number of fused-ring (bicyclic) bond motifs is 1. The van der Waals surface area contributed by atoms with Gasteiger partial charge in [0.2, 0.25) is 0 Å². The number of rotatable bonds is 7. The molecule has 1 saturated carbocycles. The van der Waals surface area contributed by atoms with Crippen molar-refractivity contribution in [1.82, 2.24) is 24.6 Å². The monoisotopic (exact) mass is 417 g/mol. The van der Waals surface area contributed by atoms with E-state index in [2.05, 4.69) is 15.4 Å². The van der Waals surface area contributed by atoms with Crippen molar-refractivity contribution in [2.24, 2.45) is 0 Å². The van der Waals surface area contributed by atoms with E-state index in [-0.39, 0.29) is 11.6 Å². The van der Waals surface area contributed by atoms with Crippen LogP contribution in [-0.2, 0) is 6.54 Å². The molecule has 1 aliphatic rings. The lowest BCUT2D eigenvalue weighted by Crippen LogP contribution is -2.32. The first kappa shape index (κ1) is 19.2. The fourth-order valence-electron chi connectivity index (χ4n) is 3.72. The van der Waals surface area contributed by atoms with Crippen molar-refractivity contribution in [2.75, 3.05) is 13.7 Å². The van der Waals surface area contributed by atoms with E-state index in [9.17, 15) is 9.59 Å². The number of nitrogens with one attached hydrogen (secondary N) is 2. The van der Waals surface area contributed by atoms with Gasteiger partial charge in [0.15, 0.2) is 0 Å². The van der Waals surface area contributed by atoms with E-state index < -0.39 is 0 Å². The summed E-state index contributed by atoms with van der Waals surface area (Å²) in [6.07, 6.45) is 2.09. The molecule has 1 amide bonds. The quantitative estimate of drug-likeness (QED) is 0.484. The van der Waals surface area contributed by atoms with Crippen LogP contribution in [0.5, 0.6) is 5.75 Å². The summed E-state index contributed by atoms with van der Waals surface area (Å²) in [5.41, 5.74) is 1.93.